The lowest BCUT2D eigenvalue weighted by molar-refractivity contribution is -0.139. The third-order valence-corrected chi connectivity index (χ3v) is 5.90. The molecule has 5 nitrogen and oxygen atoms in total. The van der Waals surface area contributed by atoms with Crippen molar-refractivity contribution >= 4 is 23.4 Å². The number of amides is 2. The first kappa shape index (κ1) is 22.3. The molecule has 2 aromatic rings. The number of hydrogen-bond acceptors (Lipinski definition) is 3. The molecule has 1 aromatic carbocycles. The van der Waals surface area contributed by atoms with Crippen LogP contribution in [0.4, 0.5) is 0 Å². The first-order valence-electron chi connectivity index (χ1n) is 10.7. The van der Waals surface area contributed by atoms with E-state index >= 15 is 0 Å². The summed E-state index contributed by atoms with van der Waals surface area (Å²) < 4.78 is 0. The van der Waals surface area contributed by atoms with E-state index in [0.29, 0.717) is 18.5 Å². The van der Waals surface area contributed by atoms with E-state index in [1.807, 2.05) is 31.2 Å². The van der Waals surface area contributed by atoms with Gasteiger partial charge in [-0.3, -0.25) is 14.6 Å². The highest BCUT2D eigenvalue weighted by Gasteiger charge is 2.32. The zero-order valence-corrected chi connectivity index (χ0v) is 18.3. The summed E-state index contributed by atoms with van der Waals surface area (Å²) in [7, 11) is 0. The summed E-state index contributed by atoms with van der Waals surface area (Å²) in [5, 5.41) is 3.18. The van der Waals surface area contributed by atoms with Crippen molar-refractivity contribution in [3.05, 3.63) is 65.5 Å². The van der Waals surface area contributed by atoms with E-state index < -0.39 is 6.04 Å². The fraction of sp³-hybridized carbons (Fsp3) is 0.458. The van der Waals surface area contributed by atoms with Crippen LogP contribution >= 0.6 is 11.6 Å². The van der Waals surface area contributed by atoms with Crippen molar-refractivity contribution in [2.24, 2.45) is 0 Å². The second-order valence-electron chi connectivity index (χ2n) is 7.99. The highest BCUT2D eigenvalue weighted by Crippen LogP contribution is 2.24. The van der Waals surface area contributed by atoms with Gasteiger partial charge in [0.1, 0.15) is 11.9 Å². The fourth-order valence-electron chi connectivity index (χ4n) is 4.13. The van der Waals surface area contributed by atoms with E-state index in [9.17, 15) is 9.59 Å². The van der Waals surface area contributed by atoms with Crippen LogP contribution < -0.4 is 5.32 Å². The summed E-state index contributed by atoms with van der Waals surface area (Å²) in [6.45, 7) is 2.45. The molecule has 1 heterocycles. The molecule has 30 heavy (non-hydrogen) atoms. The molecule has 1 fully saturated rings. The molecule has 160 valence electrons. The number of nitrogens with zero attached hydrogens (tertiary/aromatic N) is 2. The summed E-state index contributed by atoms with van der Waals surface area (Å²) in [5.41, 5.74) is 3.00. The van der Waals surface area contributed by atoms with Crippen LogP contribution in [0.2, 0.25) is 0 Å². The number of nitrogens with one attached hydrogen (secondary N) is 1. The van der Waals surface area contributed by atoms with E-state index in [1.54, 1.807) is 23.4 Å². The maximum Gasteiger partial charge on any atom is 0.247 e. The van der Waals surface area contributed by atoms with Gasteiger partial charge in [0.25, 0.3) is 0 Å². The lowest BCUT2D eigenvalue weighted by Gasteiger charge is -2.33. The first-order valence-corrected chi connectivity index (χ1v) is 11.2. The Morgan fingerprint density at radius 2 is 2.00 bits per heavy atom. The molecular formula is C24H30ClN3O2. The van der Waals surface area contributed by atoms with Crippen LogP contribution in [0.25, 0.3) is 0 Å². The molecular weight excluding hydrogens is 398 g/mol. The van der Waals surface area contributed by atoms with E-state index in [0.717, 1.165) is 31.2 Å². The summed E-state index contributed by atoms with van der Waals surface area (Å²) in [6, 6.07) is 11.3. The Morgan fingerprint density at radius 1 is 1.20 bits per heavy atom. The van der Waals surface area contributed by atoms with E-state index in [1.165, 1.54) is 12.0 Å². The zero-order valence-electron chi connectivity index (χ0n) is 17.5. The first-order chi connectivity index (χ1) is 14.6. The van der Waals surface area contributed by atoms with Gasteiger partial charge < -0.3 is 10.2 Å². The smallest absolute Gasteiger partial charge is 0.247 e. The molecule has 0 saturated heterocycles. The predicted octanol–water partition coefficient (Wildman–Crippen LogP) is 4.19. The second-order valence-corrected chi connectivity index (χ2v) is 8.26. The van der Waals surface area contributed by atoms with E-state index in [4.69, 9.17) is 11.6 Å². The number of alkyl halides is 1. The van der Waals surface area contributed by atoms with Gasteiger partial charge in [0.15, 0.2) is 0 Å². The van der Waals surface area contributed by atoms with E-state index in [2.05, 4.69) is 16.4 Å². The van der Waals surface area contributed by atoms with Crippen molar-refractivity contribution in [3.8, 4) is 0 Å². The number of carbonyl (C=O) groups excluding carboxylic acids is 2. The van der Waals surface area contributed by atoms with Gasteiger partial charge in [-0.15, -0.1) is 11.6 Å². The number of aromatic nitrogens is 1. The largest absolute Gasteiger partial charge is 0.351 e. The Morgan fingerprint density at radius 3 is 2.67 bits per heavy atom. The molecule has 0 bridgehead atoms. The topological polar surface area (TPSA) is 62.3 Å². The highest BCUT2D eigenvalue weighted by atomic mass is 35.5. The molecule has 0 aliphatic heterocycles. The summed E-state index contributed by atoms with van der Waals surface area (Å²) in [4.78, 5) is 32.0. The third-order valence-electron chi connectivity index (χ3n) is 5.67. The number of halogens is 1. The number of rotatable bonds is 8. The van der Waals surface area contributed by atoms with Gasteiger partial charge in [-0.25, -0.2) is 0 Å². The average molecular weight is 428 g/mol. The zero-order chi connectivity index (χ0) is 21.3. The molecule has 1 unspecified atom stereocenters. The van der Waals surface area contributed by atoms with Crippen molar-refractivity contribution in [1.82, 2.24) is 15.2 Å². The molecule has 0 radical (unpaired) electrons. The molecule has 1 aliphatic carbocycles. The monoisotopic (exact) mass is 427 g/mol. The Balaban J connectivity index is 1.84. The van der Waals surface area contributed by atoms with Gasteiger partial charge in [0, 0.05) is 30.5 Å². The molecule has 1 aliphatic rings. The van der Waals surface area contributed by atoms with Crippen molar-refractivity contribution in [1.29, 1.82) is 0 Å². The average Bonchev–Trinajstić information content (AvgIpc) is 2.77. The normalized spacial score (nSPS) is 15.4. The number of benzene rings is 1. The molecule has 1 atom stereocenters. The summed E-state index contributed by atoms with van der Waals surface area (Å²) in [6.07, 6.45) is 9.41. The highest BCUT2D eigenvalue weighted by molar-refractivity contribution is 6.27. The van der Waals surface area contributed by atoms with Gasteiger partial charge in [-0.1, -0.05) is 55.2 Å². The minimum atomic E-state index is -0.739. The lowest BCUT2D eigenvalue weighted by atomic mass is 9.94. The minimum absolute atomic E-state index is 0.155. The Labute approximate surface area is 183 Å². The lowest BCUT2D eigenvalue weighted by Crippen LogP contribution is -2.48. The van der Waals surface area contributed by atoms with Crippen LogP contribution in [0.5, 0.6) is 0 Å². The SMILES string of the molecule is Cc1cccc(CCN(C(=O)CCl)C(C(=O)NC2CCCCC2)c2cccnc2)c1. The Bertz CT molecular complexity index is 837. The number of aryl methyl sites for hydroxylation is 1. The molecule has 1 saturated carbocycles. The fourth-order valence-corrected chi connectivity index (χ4v) is 4.28. The van der Waals surface area contributed by atoms with Crippen molar-refractivity contribution < 1.29 is 9.59 Å². The van der Waals surface area contributed by atoms with Crippen LogP contribution in [-0.2, 0) is 16.0 Å². The van der Waals surface area contributed by atoms with Gasteiger partial charge in [0.05, 0.1) is 0 Å². The van der Waals surface area contributed by atoms with Crippen molar-refractivity contribution in [2.75, 3.05) is 12.4 Å². The molecule has 1 aromatic heterocycles. The summed E-state index contributed by atoms with van der Waals surface area (Å²) in [5.74, 6) is -0.573. The maximum absolute atomic E-state index is 13.4. The Hall–Kier alpha value is -2.40. The minimum Gasteiger partial charge on any atom is -0.351 e. The molecule has 0 spiro atoms. The van der Waals surface area contributed by atoms with E-state index in [-0.39, 0.29) is 23.7 Å². The molecule has 6 heteroatoms. The summed E-state index contributed by atoms with van der Waals surface area (Å²) >= 11 is 5.94. The van der Waals surface area contributed by atoms with Crippen LogP contribution in [0.15, 0.2) is 48.8 Å². The van der Waals surface area contributed by atoms with Gasteiger partial charge in [0.2, 0.25) is 11.8 Å². The quantitative estimate of drug-likeness (QED) is 0.642. The predicted molar refractivity (Wildman–Crippen MR) is 119 cm³/mol. The van der Waals surface area contributed by atoms with Crippen LogP contribution in [-0.4, -0.2) is 40.2 Å². The third kappa shape index (κ3) is 6.05. The number of hydrogen-bond donors (Lipinski definition) is 1. The van der Waals surface area contributed by atoms with Gasteiger partial charge in [-0.05, 0) is 37.8 Å². The number of pyridine rings is 1. The number of carbonyl (C=O) groups is 2. The van der Waals surface area contributed by atoms with Crippen LogP contribution in [0, 0.1) is 6.92 Å². The van der Waals surface area contributed by atoms with Crippen molar-refractivity contribution in [2.45, 2.75) is 57.5 Å². The molecule has 1 N–H and O–H groups in total. The molecule has 2 amide bonds. The second kappa shape index (κ2) is 11.1. The molecule has 3 rings (SSSR count). The van der Waals surface area contributed by atoms with Crippen LogP contribution in [0.3, 0.4) is 0 Å². The van der Waals surface area contributed by atoms with Crippen LogP contribution in [0.1, 0.15) is 54.8 Å². The Kier molecular flexibility index (Phi) is 8.26. The maximum atomic E-state index is 13.4. The van der Waals surface area contributed by atoms with Gasteiger partial charge in [-0.2, -0.15) is 0 Å². The van der Waals surface area contributed by atoms with Crippen molar-refractivity contribution in [3.63, 3.8) is 0 Å². The van der Waals surface area contributed by atoms with Gasteiger partial charge >= 0.3 is 0 Å². The standard InChI is InChI=1S/C24H30ClN3O2/c1-18-7-5-8-19(15-18)12-14-28(22(29)16-25)23(20-9-6-13-26-17-20)24(30)27-21-10-3-2-4-11-21/h5-9,13,15,17,21,23H,2-4,10-12,14,16H2,1H3,(H,27,30).